The summed E-state index contributed by atoms with van der Waals surface area (Å²) in [5.74, 6) is 2.45. The van der Waals surface area contributed by atoms with Crippen LogP contribution in [0.25, 0.3) is 0 Å². The minimum absolute atomic E-state index is 0.612. The van der Waals surface area contributed by atoms with Crippen LogP contribution in [0.1, 0.15) is 212 Å². The fourth-order valence-electron chi connectivity index (χ4n) is 6.55. The third-order valence-corrected chi connectivity index (χ3v) is 10.8. The summed E-state index contributed by atoms with van der Waals surface area (Å²) in [6.45, 7) is 26.5. The van der Waals surface area contributed by atoms with Crippen LogP contribution in [0.4, 0.5) is 0 Å². The normalized spacial score (nSPS) is 15.6. The first-order chi connectivity index (χ1) is 26.5. The molecule has 0 aromatic carbocycles. The molecule has 0 aliphatic carbocycles. The topological polar surface area (TPSA) is 20.2 Å². The van der Waals surface area contributed by atoms with Gasteiger partial charge >= 0.3 is 0 Å². The van der Waals surface area contributed by atoms with Crippen molar-refractivity contribution in [1.82, 2.24) is 0 Å². The van der Waals surface area contributed by atoms with Gasteiger partial charge in [0.25, 0.3) is 0 Å². The van der Waals surface area contributed by atoms with Crippen LogP contribution in [-0.2, 0) is 0 Å². The van der Waals surface area contributed by atoms with Gasteiger partial charge in [-0.3, -0.25) is 0 Å². The first-order valence-electron chi connectivity index (χ1n) is 22.3. The van der Waals surface area contributed by atoms with E-state index < -0.39 is 5.60 Å². The average Bonchev–Trinajstić information content (AvgIpc) is 3.11. The van der Waals surface area contributed by atoms with Crippen LogP contribution in [-0.4, -0.2) is 10.7 Å². The van der Waals surface area contributed by atoms with Crippen molar-refractivity contribution in [3.05, 3.63) is 116 Å². The lowest BCUT2D eigenvalue weighted by molar-refractivity contribution is 0.113. The molecule has 0 saturated carbocycles. The Hall–Kier alpha value is -3.08. The molecule has 0 rings (SSSR count). The molecule has 0 fully saturated rings. The minimum Gasteiger partial charge on any atom is -0.378 e. The van der Waals surface area contributed by atoms with E-state index in [1.165, 1.54) is 101 Å². The maximum Gasteiger partial charge on any atom is 0.122 e. The van der Waals surface area contributed by atoms with E-state index in [2.05, 4.69) is 143 Å². The van der Waals surface area contributed by atoms with Gasteiger partial charge in [0.15, 0.2) is 0 Å². The van der Waals surface area contributed by atoms with Gasteiger partial charge in [-0.15, -0.1) is 6.42 Å². The highest BCUT2D eigenvalue weighted by atomic mass is 16.3. The second kappa shape index (κ2) is 32.9. The lowest BCUT2D eigenvalue weighted by Gasteiger charge is -2.14. The van der Waals surface area contributed by atoms with Crippen LogP contribution < -0.4 is 0 Å². The molecular formula is C55H88O. The van der Waals surface area contributed by atoms with Crippen molar-refractivity contribution in [2.75, 3.05) is 0 Å². The van der Waals surface area contributed by atoms with Crippen LogP contribution in [0, 0.1) is 12.3 Å². The van der Waals surface area contributed by atoms with E-state index in [9.17, 15) is 5.11 Å². The Labute approximate surface area is 349 Å². The molecule has 0 spiro atoms. The third kappa shape index (κ3) is 34.2. The molecule has 0 aliphatic heterocycles. The monoisotopic (exact) mass is 765 g/mol. The van der Waals surface area contributed by atoms with Gasteiger partial charge in [-0.2, -0.15) is 0 Å². The maximum atomic E-state index is 9.94. The van der Waals surface area contributed by atoms with Crippen LogP contribution in [0.2, 0.25) is 0 Å². The molecule has 1 atom stereocenters. The largest absolute Gasteiger partial charge is 0.378 e. The Kier molecular flexibility index (Phi) is 31.1. The van der Waals surface area contributed by atoms with Gasteiger partial charge in [0.1, 0.15) is 5.60 Å². The number of hydrogen-bond donors (Lipinski definition) is 1. The highest BCUT2D eigenvalue weighted by Gasteiger charge is 2.14. The summed E-state index contributed by atoms with van der Waals surface area (Å²) in [5, 5.41) is 9.94. The molecule has 314 valence electrons. The van der Waals surface area contributed by atoms with Gasteiger partial charge in [-0.05, 0) is 212 Å². The average molecular weight is 765 g/mol. The molecule has 1 N–H and O–H groups in total. The van der Waals surface area contributed by atoms with E-state index in [-0.39, 0.29) is 0 Å². The van der Waals surface area contributed by atoms with Gasteiger partial charge in [0, 0.05) is 0 Å². The summed E-state index contributed by atoms with van der Waals surface area (Å²) < 4.78 is 0. The molecule has 1 nitrogen and oxygen atoms in total. The van der Waals surface area contributed by atoms with E-state index >= 15 is 0 Å². The molecule has 0 amide bonds. The van der Waals surface area contributed by atoms with Crippen molar-refractivity contribution < 1.29 is 5.11 Å². The first kappa shape index (κ1) is 52.9. The molecule has 1 heteroatoms. The maximum absolute atomic E-state index is 9.94. The van der Waals surface area contributed by atoms with Gasteiger partial charge in [0.2, 0.25) is 0 Å². The van der Waals surface area contributed by atoms with Crippen LogP contribution >= 0.6 is 0 Å². The predicted octanol–water partition coefficient (Wildman–Crippen LogP) is 17.7. The van der Waals surface area contributed by atoms with Crippen molar-refractivity contribution in [2.24, 2.45) is 0 Å². The number of hydrogen-bond acceptors (Lipinski definition) is 1. The smallest absolute Gasteiger partial charge is 0.122 e. The summed E-state index contributed by atoms with van der Waals surface area (Å²) in [6.07, 6.45) is 51.6. The third-order valence-electron chi connectivity index (χ3n) is 10.8. The highest BCUT2D eigenvalue weighted by Crippen LogP contribution is 2.19. The standard InChI is InChI=1S/C55H88O/c1-14-55(13,56)44-24-43-54(12)42-23-41-53(11)40-22-39-52(10)38-21-37-51(9)36-20-35-50(8)34-19-33-49(7)32-18-31-48(6)30-17-29-47(5)28-16-27-46(4)26-15-25-45(2)3/h1,25,27,29,31,33,35,37,39,41,43,56H,15-24,26,28,30,32,34,36,38,40,42,44H2,2-13H3/b46-27+,47-29+,48-31+,49-33+,50-35+,51-37+,52-39+,53-41+,54-43+. The Bertz CT molecular complexity index is 1450. The SMILES string of the molecule is C#CC(C)(O)CC/C=C(\C)CC/C=C(\C)CC/C=C(\C)CC/C=C(\C)CC/C=C(\C)CC/C=C(\C)CC/C=C(\C)CC/C=C(\C)CC/C=C(\C)CCC=C(C)C. The minimum atomic E-state index is -0.998. The molecule has 0 radical (unpaired) electrons. The number of terminal acetylenes is 1. The molecule has 1 unspecified atom stereocenters. The fourth-order valence-corrected chi connectivity index (χ4v) is 6.55. The Balaban J connectivity index is 4.27. The second-order valence-electron chi connectivity index (χ2n) is 17.5. The summed E-state index contributed by atoms with van der Waals surface area (Å²) in [4.78, 5) is 0. The quantitative estimate of drug-likeness (QED) is 0.0570. The van der Waals surface area contributed by atoms with E-state index in [0.29, 0.717) is 6.42 Å². The lowest BCUT2D eigenvalue weighted by Crippen LogP contribution is -2.20. The molecule has 0 aliphatic rings. The van der Waals surface area contributed by atoms with E-state index in [1.807, 2.05) is 0 Å². The Morgan fingerprint density at radius 2 is 0.536 bits per heavy atom. The van der Waals surface area contributed by atoms with Gasteiger partial charge in [-0.25, -0.2) is 0 Å². The van der Waals surface area contributed by atoms with E-state index in [0.717, 1.165) is 77.0 Å². The summed E-state index contributed by atoms with van der Waals surface area (Å²) in [6, 6.07) is 0. The van der Waals surface area contributed by atoms with Crippen molar-refractivity contribution in [3.63, 3.8) is 0 Å². The zero-order chi connectivity index (χ0) is 42.2. The number of allylic oxidation sites excluding steroid dienone is 20. The molecule has 0 aromatic rings. The van der Waals surface area contributed by atoms with Crippen molar-refractivity contribution in [3.8, 4) is 12.3 Å². The van der Waals surface area contributed by atoms with Gasteiger partial charge < -0.3 is 5.11 Å². The van der Waals surface area contributed by atoms with E-state index in [4.69, 9.17) is 6.42 Å². The Morgan fingerprint density at radius 3 is 0.714 bits per heavy atom. The first-order valence-corrected chi connectivity index (χ1v) is 22.3. The van der Waals surface area contributed by atoms with Crippen molar-refractivity contribution in [2.45, 2.75) is 217 Å². The summed E-state index contributed by atoms with van der Waals surface area (Å²) in [7, 11) is 0. The lowest BCUT2D eigenvalue weighted by atomic mass is 9.99. The van der Waals surface area contributed by atoms with Crippen LogP contribution in [0.15, 0.2) is 116 Å². The second-order valence-corrected chi connectivity index (χ2v) is 17.5. The van der Waals surface area contributed by atoms with Gasteiger partial charge in [0.05, 0.1) is 0 Å². The molecule has 0 bridgehead atoms. The number of aliphatic hydroxyl groups is 1. The molecule has 0 aromatic heterocycles. The Morgan fingerprint density at radius 1 is 0.357 bits per heavy atom. The highest BCUT2D eigenvalue weighted by molar-refractivity contribution is 5.12. The summed E-state index contributed by atoms with van der Waals surface area (Å²) >= 11 is 0. The van der Waals surface area contributed by atoms with Crippen LogP contribution in [0.3, 0.4) is 0 Å². The fraction of sp³-hybridized carbons (Fsp3) is 0.600. The summed E-state index contributed by atoms with van der Waals surface area (Å²) in [5.41, 5.74) is 13.9. The molecule has 56 heavy (non-hydrogen) atoms. The zero-order valence-corrected chi connectivity index (χ0v) is 38.9. The zero-order valence-electron chi connectivity index (χ0n) is 38.9. The molecule has 0 heterocycles. The molecular weight excluding hydrogens is 677 g/mol. The number of rotatable bonds is 30. The van der Waals surface area contributed by atoms with Crippen molar-refractivity contribution in [1.29, 1.82) is 0 Å². The van der Waals surface area contributed by atoms with Gasteiger partial charge in [-0.1, -0.05) is 122 Å². The van der Waals surface area contributed by atoms with Crippen molar-refractivity contribution >= 4 is 0 Å². The van der Waals surface area contributed by atoms with Crippen LogP contribution in [0.5, 0.6) is 0 Å². The predicted molar refractivity (Wildman–Crippen MR) is 255 cm³/mol. The molecule has 0 saturated heterocycles. The van der Waals surface area contributed by atoms with E-state index in [1.54, 1.807) is 6.92 Å².